The van der Waals surface area contributed by atoms with Gasteiger partial charge in [0.25, 0.3) is 0 Å². The maximum atomic E-state index is 9.85. The quantitative estimate of drug-likeness (QED) is 0.420. The summed E-state index contributed by atoms with van der Waals surface area (Å²) in [6, 6.07) is 0. The summed E-state index contributed by atoms with van der Waals surface area (Å²) < 4.78 is 18.8. The van der Waals surface area contributed by atoms with Crippen LogP contribution in [0.5, 0.6) is 0 Å². The zero-order valence-electron chi connectivity index (χ0n) is 5.39. The van der Waals surface area contributed by atoms with Gasteiger partial charge >= 0.3 is 8.25 Å². The molecule has 10 heavy (non-hydrogen) atoms. The van der Waals surface area contributed by atoms with Crippen molar-refractivity contribution in [3.8, 4) is 0 Å². The Kier molecular flexibility index (Phi) is 7.01. The van der Waals surface area contributed by atoms with E-state index < -0.39 is 8.25 Å². The van der Waals surface area contributed by atoms with Gasteiger partial charge in [-0.1, -0.05) is 0 Å². The highest BCUT2D eigenvalue weighted by Gasteiger charge is 2.09. The molecular weight excluding hydrogens is 159 g/mol. The smallest absolute Gasteiger partial charge is 0.394 e. The molecule has 0 amide bonds. The van der Waals surface area contributed by atoms with Gasteiger partial charge in [0.2, 0.25) is 0 Å². The van der Waals surface area contributed by atoms with E-state index in [0.29, 0.717) is 0 Å². The molecule has 0 aliphatic carbocycles. The Balaban J connectivity index is 2.84. The fourth-order valence-corrected chi connectivity index (χ4v) is 0.572. The van der Waals surface area contributed by atoms with Gasteiger partial charge < -0.3 is 9.84 Å². The Bertz CT molecular complexity index is 95.6. The topological polar surface area (TPSA) is 76.0 Å². The van der Waals surface area contributed by atoms with Crippen LogP contribution in [0.1, 0.15) is 0 Å². The van der Waals surface area contributed by atoms with Crippen molar-refractivity contribution >= 4 is 8.25 Å². The molecule has 0 aromatic rings. The lowest BCUT2D eigenvalue weighted by Gasteiger charge is -1.95. The van der Waals surface area contributed by atoms with Crippen molar-refractivity contribution in [3.05, 3.63) is 0 Å². The first-order valence-corrected chi connectivity index (χ1v) is 3.88. The van der Waals surface area contributed by atoms with Gasteiger partial charge in [-0.2, -0.15) is 0 Å². The summed E-state index contributed by atoms with van der Waals surface area (Å²) in [6.45, 7) is 0.477. The summed E-state index contributed by atoms with van der Waals surface area (Å²) in [7, 11) is -2.51. The Morgan fingerprint density at radius 3 is 2.50 bits per heavy atom. The molecule has 0 saturated carbocycles. The van der Waals surface area contributed by atoms with E-state index in [9.17, 15) is 4.57 Å². The third-order valence-electron chi connectivity index (χ3n) is 0.665. The first-order valence-electron chi connectivity index (χ1n) is 2.75. The third-order valence-corrected chi connectivity index (χ3v) is 1.07. The zero-order chi connectivity index (χ0) is 7.82. The molecule has 6 heteroatoms. The fourth-order valence-electron chi connectivity index (χ4n) is 0.341. The minimum Gasteiger partial charge on any atom is -0.394 e. The molecule has 0 aromatic carbocycles. The first-order chi connectivity index (χ1) is 4.77. The van der Waals surface area contributed by atoms with Gasteiger partial charge in [-0.05, 0) is 0 Å². The van der Waals surface area contributed by atoms with Gasteiger partial charge in [-0.15, -0.1) is 9.42 Å². The van der Waals surface area contributed by atoms with Crippen LogP contribution < -0.4 is 0 Å². The highest BCUT2D eigenvalue weighted by atomic mass is 31.1. The van der Waals surface area contributed by atoms with Crippen molar-refractivity contribution in [3.63, 3.8) is 0 Å². The van der Waals surface area contributed by atoms with Crippen molar-refractivity contribution in [2.45, 2.75) is 0 Å². The summed E-state index contributed by atoms with van der Waals surface area (Å²) in [5.41, 5.74) is 0. The number of ether oxygens (including phenoxy) is 1. The van der Waals surface area contributed by atoms with Gasteiger partial charge in [-0.25, -0.2) is 0 Å². The Morgan fingerprint density at radius 1 is 1.30 bits per heavy atom. The highest BCUT2D eigenvalue weighted by Crippen LogP contribution is 2.12. The van der Waals surface area contributed by atoms with Gasteiger partial charge in [0, 0.05) is 4.57 Å². The molecule has 1 unspecified atom stereocenters. The molecule has 0 fully saturated rings. The van der Waals surface area contributed by atoms with E-state index in [0.717, 1.165) is 0 Å². The summed E-state index contributed by atoms with van der Waals surface area (Å²) in [4.78, 5) is 8.09. The number of hydrogen-bond acceptors (Lipinski definition) is 4. The predicted molar refractivity (Wildman–Crippen MR) is 33.7 cm³/mol. The van der Waals surface area contributed by atoms with Crippen LogP contribution in [0.3, 0.4) is 0 Å². The van der Waals surface area contributed by atoms with Gasteiger partial charge in [0.15, 0.2) is 0 Å². The molecule has 0 aliphatic rings. The number of rotatable bonds is 6. The molecule has 60 valence electrons. The van der Waals surface area contributed by atoms with Crippen LogP contribution in [0.2, 0.25) is 0 Å². The average Bonchev–Trinajstić information content (AvgIpc) is 1.87. The molecule has 0 radical (unpaired) electrons. The summed E-state index contributed by atoms with van der Waals surface area (Å²) >= 11 is 0. The van der Waals surface area contributed by atoms with Gasteiger partial charge in [0.05, 0.1) is 19.8 Å². The van der Waals surface area contributed by atoms with Crippen LogP contribution in [-0.4, -0.2) is 36.4 Å². The van der Waals surface area contributed by atoms with E-state index >= 15 is 0 Å². The predicted octanol–water partition coefficient (Wildman–Crippen LogP) is -0.338. The second-order valence-corrected chi connectivity index (χ2v) is 2.14. The summed E-state index contributed by atoms with van der Waals surface area (Å²) in [5.74, 6) is 0. The molecule has 0 heterocycles. The molecule has 1 atom stereocenters. The van der Waals surface area contributed by atoms with E-state index in [1.54, 1.807) is 0 Å². The molecule has 0 rings (SSSR count). The Labute approximate surface area is 59.5 Å². The molecule has 0 aromatic heterocycles. The lowest BCUT2D eigenvalue weighted by Crippen LogP contribution is -2.04. The number of aliphatic hydroxyl groups excluding tert-OH is 1. The number of aliphatic hydroxyl groups is 1. The summed E-state index contributed by atoms with van der Waals surface area (Å²) in [5, 5.41) is 8.20. The number of hydrogen-bond donors (Lipinski definition) is 2. The normalized spacial score (nSPS) is 11.6. The minimum absolute atomic E-state index is 0.0503. The zero-order valence-corrected chi connectivity index (χ0v) is 6.29. The molecule has 2 N–H and O–H groups in total. The van der Waals surface area contributed by atoms with Crippen LogP contribution in [0, 0.1) is 0 Å². The van der Waals surface area contributed by atoms with Crippen LogP contribution in [-0.2, 0) is 13.8 Å². The van der Waals surface area contributed by atoms with Crippen LogP contribution in [0.25, 0.3) is 0 Å². The Morgan fingerprint density at radius 2 is 2.00 bits per heavy atom. The third kappa shape index (κ3) is 7.94. The van der Waals surface area contributed by atoms with Gasteiger partial charge in [0.1, 0.15) is 6.61 Å². The van der Waals surface area contributed by atoms with E-state index in [1.165, 1.54) is 0 Å². The molecule has 0 bridgehead atoms. The highest BCUT2D eigenvalue weighted by molar-refractivity contribution is 7.32. The molecule has 0 saturated heterocycles. The first kappa shape index (κ1) is 9.94. The second-order valence-electron chi connectivity index (χ2n) is 1.41. The van der Waals surface area contributed by atoms with E-state index in [4.69, 9.17) is 14.7 Å². The van der Waals surface area contributed by atoms with Crippen LogP contribution >= 0.6 is 8.25 Å². The van der Waals surface area contributed by atoms with Crippen molar-refractivity contribution in [2.75, 3.05) is 26.4 Å². The monoisotopic (exact) mass is 169 g/mol. The van der Waals surface area contributed by atoms with Crippen molar-refractivity contribution in [1.29, 1.82) is 0 Å². The molecular formula is C4H10O5P+. The van der Waals surface area contributed by atoms with Crippen LogP contribution in [0.4, 0.5) is 0 Å². The standard InChI is InChI=1S/C4H9O5P/c5-1-2-8-3-4-9-10(6)7/h5H,1-4H2/p+1. The SMILES string of the molecule is O=[P+](O)OCCOCCO. The van der Waals surface area contributed by atoms with Crippen LogP contribution in [0.15, 0.2) is 0 Å². The second kappa shape index (κ2) is 7.05. The molecule has 0 spiro atoms. The van der Waals surface area contributed by atoms with E-state index in [-0.39, 0.29) is 26.4 Å². The summed E-state index contributed by atoms with van der Waals surface area (Å²) in [6.07, 6.45) is 0. The van der Waals surface area contributed by atoms with E-state index in [2.05, 4.69) is 4.52 Å². The van der Waals surface area contributed by atoms with Gasteiger partial charge in [-0.3, -0.25) is 0 Å². The largest absolute Gasteiger partial charge is 0.694 e. The Hall–Kier alpha value is -0.0600. The molecule has 5 nitrogen and oxygen atoms in total. The maximum Gasteiger partial charge on any atom is 0.694 e. The lowest BCUT2D eigenvalue weighted by atomic mass is 10.7. The fraction of sp³-hybridized carbons (Fsp3) is 1.00. The van der Waals surface area contributed by atoms with Crippen molar-refractivity contribution in [2.24, 2.45) is 0 Å². The van der Waals surface area contributed by atoms with Crippen molar-refractivity contribution < 1.29 is 23.8 Å². The lowest BCUT2D eigenvalue weighted by molar-refractivity contribution is 0.0697. The average molecular weight is 169 g/mol. The van der Waals surface area contributed by atoms with Crippen molar-refractivity contribution in [1.82, 2.24) is 0 Å². The van der Waals surface area contributed by atoms with E-state index in [1.807, 2.05) is 0 Å². The maximum absolute atomic E-state index is 9.85. The minimum atomic E-state index is -2.51. The molecule has 0 aliphatic heterocycles.